The van der Waals surface area contributed by atoms with E-state index in [4.69, 9.17) is 21.3 Å². The van der Waals surface area contributed by atoms with E-state index in [1.165, 1.54) is 6.07 Å². The second-order valence-corrected chi connectivity index (χ2v) is 8.58. The number of nitrogens with one attached hydrogen (secondary N) is 1. The van der Waals surface area contributed by atoms with E-state index in [9.17, 15) is 4.79 Å². The van der Waals surface area contributed by atoms with Gasteiger partial charge in [-0.25, -0.2) is 9.37 Å². The van der Waals surface area contributed by atoms with Gasteiger partial charge >= 0.3 is 0 Å². The van der Waals surface area contributed by atoms with Crippen LogP contribution in [-0.4, -0.2) is 47.8 Å². The van der Waals surface area contributed by atoms with Gasteiger partial charge in [-0.2, -0.15) is 0 Å². The average molecular weight is 443 g/mol. The maximum Gasteiger partial charge on any atom is 0.227 e. The minimum Gasteiger partial charge on any atom is -0.374 e. The first-order valence-electron chi connectivity index (χ1n) is 10.6. The number of aromatic nitrogens is 2. The average Bonchev–Trinajstić information content (AvgIpc) is 3.32. The van der Waals surface area contributed by atoms with Crippen LogP contribution in [0.25, 0.3) is 22.4 Å². The Bertz CT molecular complexity index is 1130. The summed E-state index contributed by atoms with van der Waals surface area (Å²) in [5.41, 5.74) is 3.51. The first-order chi connectivity index (χ1) is 15.0. The molecule has 6 nitrogen and oxygen atoms in total. The fourth-order valence-electron chi connectivity index (χ4n) is 4.41. The SMILES string of the molecule is Cc1ccc2c(c1)nc(-c1c(F)cc(N3CCCC3=O)cc1Cl)n2CC1CNCCO1. The fourth-order valence-corrected chi connectivity index (χ4v) is 4.69. The molecule has 3 aromatic rings. The van der Waals surface area contributed by atoms with Crippen molar-refractivity contribution in [2.24, 2.45) is 0 Å². The lowest BCUT2D eigenvalue weighted by Gasteiger charge is -2.25. The number of aryl methyl sites for hydroxylation is 1. The summed E-state index contributed by atoms with van der Waals surface area (Å²) >= 11 is 6.59. The zero-order valence-electron chi connectivity index (χ0n) is 17.3. The second-order valence-electron chi connectivity index (χ2n) is 8.17. The van der Waals surface area contributed by atoms with E-state index in [0.29, 0.717) is 37.6 Å². The highest BCUT2D eigenvalue weighted by Crippen LogP contribution is 2.37. The van der Waals surface area contributed by atoms with Crippen molar-refractivity contribution in [3.8, 4) is 11.4 Å². The molecule has 2 saturated heterocycles. The standard InChI is InChI=1S/C23H24ClFN4O2/c1-14-4-5-20-19(9-14)27-23(29(20)13-16-12-26-6-8-31-16)22-17(24)10-15(11-18(22)25)28-7-2-3-21(28)30/h4-5,9-11,16,26H,2-3,6-8,12-13H2,1H3. The third-order valence-electron chi connectivity index (χ3n) is 5.93. The van der Waals surface area contributed by atoms with Crippen LogP contribution in [0, 0.1) is 12.7 Å². The van der Waals surface area contributed by atoms with Gasteiger partial charge in [-0.15, -0.1) is 0 Å². The summed E-state index contributed by atoms with van der Waals surface area (Å²) in [6.07, 6.45) is 1.20. The molecule has 162 valence electrons. The highest BCUT2D eigenvalue weighted by atomic mass is 35.5. The number of ether oxygens (including phenoxy) is 1. The Kier molecular flexibility index (Phi) is 5.42. The number of halogens is 2. The monoisotopic (exact) mass is 442 g/mol. The molecule has 2 fully saturated rings. The highest BCUT2D eigenvalue weighted by molar-refractivity contribution is 6.33. The minimum absolute atomic E-state index is 0.00659. The van der Waals surface area contributed by atoms with E-state index in [0.717, 1.165) is 36.1 Å². The summed E-state index contributed by atoms with van der Waals surface area (Å²) < 4.78 is 23.3. The number of carbonyl (C=O) groups is 1. The molecule has 2 aliphatic heterocycles. The molecule has 0 radical (unpaired) electrons. The van der Waals surface area contributed by atoms with E-state index in [1.54, 1.807) is 11.0 Å². The Hall–Kier alpha value is -2.48. The Morgan fingerprint density at radius 3 is 2.90 bits per heavy atom. The van der Waals surface area contributed by atoms with Gasteiger partial charge in [-0.1, -0.05) is 17.7 Å². The lowest BCUT2D eigenvalue weighted by molar-refractivity contribution is -0.117. The summed E-state index contributed by atoms with van der Waals surface area (Å²) in [4.78, 5) is 18.4. The summed E-state index contributed by atoms with van der Waals surface area (Å²) in [7, 11) is 0. The third-order valence-corrected chi connectivity index (χ3v) is 6.23. The van der Waals surface area contributed by atoms with Gasteiger partial charge < -0.3 is 19.5 Å². The number of hydrogen-bond acceptors (Lipinski definition) is 4. The molecule has 0 aliphatic carbocycles. The van der Waals surface area contributed by atoms with Gasteiger partial charge in [-0.3, -0.25) is 4.79 Å². The van der Waals surface area contributed by atoms with Crippen LogP contribution in [0.1, 0.15) is 18.4 Å². The smallest absolute Gasteiger partial charge is 0.227 e. The molecule has 31 heavy (non-hydrogen) atoms. The van der Waals surface area contributed by atoms with E-state index in [1.807, 2.05) is 29.7 Å². The van der Waals surface area contributed by atoms with Crippen LogP contribution in [0.4, 0.5) is 10.1 Å². The van der Waals surface area contributed by atoms with Crippen LogP contribution in [-0.2, 0) is 16.1 Å². The molecule has 2 aliphatic rings. The lowest BCUT2D eigenvalue weighted by atomic mass is 10.1. The number of morpholine rings is 1. The van der Waals surface area contributed by atoms with Crippen molar-refractivity contribution in [1.82, 2.24) is 14.9 Å². The van der Waals surface area contributed by atoms with E-state index in [-0.39, 0.29) is 22.6 Å². The molecule has 1 amide bonds. The van der Waals surface area contributed by atoms with Crippen molar-refractivity contribution < 1.29 is 13.9 Å². The van der Waals surface area contributed by atoms with Crippen LogP contribution in [0.5, 0.6) is 0 Å². The number of anilines is 1. The molecule has 8 heteroatoms. The Morgan fingerprint density at radius 2 is 2.19 bits per heavy atom. The second kappa shape index (κ2) is 8.22. The fraction of sp³-hybridized carbons (Fsp3) is 0.391. The number of rotatable bonds is 4. The first-order valence-corrected chi connectivity index (χ1v) is 11.0. The summed E-state index contributed by atoms with van der Waals surface area (Å²) in [5, 5.41) is 3.57. The minimum atomic E-state index is -0.488. The maximum absolute atomic E-state index is 15.4. The number of amides is 1. The number of nitrogens with zero attached hydrogens (tertiary/aromatic N) is 3. The molecule has 0 saturated carbocycles. The van der Waals surface area contributed by atoms with Crippen molar-refractivity contribution in [3.05, 3.63) is 46.7 Å². The third kappa shape index (κ3) is 3.82. The molecule has 0 bridgehead atoms. The quantitative estimate of drug-likeness (QED) is 0.665. The lowest BCUT2D eigenvalue weighted by Crippen LogP contribution is -2.40. The summed E-state index contributed by atoms with van der Waals surface area (Å²) in [6.45, 7) is 5.30. The molecule has 0 spiro atoms. The number of fused-ring (bicyclic) bond motifs is 1. The van der Waals surface area contributed by atoms with Crippen molar-refractivity contribution in [2.75, 3.05) is 31.1 Å². The largest absolute Gasteiger partial charge is 0.374 e. The van der Waals surface area contributed by atoms with E-state index < -0.39 is 5.82 Å². The van der Waals surface area contributed by atoms with Crippen LogP contribution in [0.3, 0.4) is 0 Å². The van der Waals surface area contributed by atoms with Crippen molar-refractivity contribution >= 4 is 34.2 Å². The van der Waals surface area contributed by atoms with Crippen LogP contribution >= 0.6 is 11.6 Å². The van der Waals surface area contributed by atoms with Crippen molar-refractivity contribution in [3.63, 3.8) is 0 Å². The summed E-state index contributed by atoms with van der Waals surface area (Å²) in [5.74, 6) is -0.0254. The molecular formula is C23H24ClFN4O2. The number of hydrogen-bond donors (Lipinski definition) is 1. The number of benzene rings is 2. The first kappa shape index (κ1) is 20.4. The molecule has 5 rings (SSSR count). The van der Waals surface area contributed by atoms with Gasteiger partial charge in [0.1, 0.15) is 11.6 Å². The predicted octanol–water partition coefficient (Wildman–Crippen LogP) is 3.92. The summed E-state index contributed by atoms with van der Waals surface area (Å²) in [6, 6.07) is 9.05. The van der Waals surface area contributed by atoms with Crippen molar-refractivity contribution in [1.29, 1.82) is 0 Å². The van der Waals surface area contributed by atoms with Gasteiger partial charge in [0.2, 0.25) is 5.91 Å². The molecule has 3 heterocycles. The predicted molar refractivity (Wildman–Crippen MR) is 119 cm³/mol. The van der Waals surface area contributed by atoms with Crippen LogP contribution < -0.4 is 10.2 Å². The van der Waals surface area contributed by atoms with Gasteiger partial charge in [0.15, 0.2) is 0 Å². The van der Waals surface area contributed by atoms with E-state index >= 15 is 4.39 Å². The van der Waals surface area contributed by atoms with E-state index in [2.05, 4.69) is 5.32 Å². The van der Waals surface area contributed by atoms with Gasteiger partial charge in [0, 0.05) is 31.7 Å². The molecule has 1 N–H and O–H groups in total. The normalized spacial score (nSPS) is 19.5. The Balaban J connectivity index is 1.62. The molecule has 1 atom stereocenters. The molecule has 1 aromatic heterocycles. The molecule has 1 unspecified atom stereocenters. The Morgan fingerprint density at radius 1 is 1.32 bits per heavy atom. The molecular weight excluding hydrogens is 419 g/mol. The topological polar surface area (TPSA) is 59.4 Å². The zero-order chi connectivity index (χ0) is 21.5. The highest BCUT2D eigenvalue weighted by Gasteiger charge is 2.27. The van der Waals surface area contributed by atoms with Gasteiger partial charge in [-0.05, 0) is 43.2 Å². The van der Waals surface area contributed by atoms with Gasteiger partial charge in [0.05, 0.1) is 40.9 Å². The van der Waals surface area contributed by atoms with Crippen LogP contribution in [0.2, 0.25) is 5.02 Å². The zero-order valence-corrected chi connectivity index (χ0v) is 18.1. The number of imidazole rings is 1. The maximum atomic E-state index is 15.4. The van der Waals surface area contributed by atoms with Gasteiger partial charge in [0.25, 0.3) is 0 Å². The Labute approximate surface area is 185 Å². The van der Waals surface area contributed by atoms with Crippen molar-refractivity contribution in [2.45, 2.75) is 32.4 Å². The molecule has 2 aromatic carbocycles. The number of carbonyl (C=O) groups excluding carboxylic acids is 1. The van der Waals surface area contributed by atoms with Crippen LogP contribution in [0.15, 0.2) is 30.3 Å².